The van der Waals surface area contributed by atoms with E-state index >= 15 is 0 Å². The van der Waals surface area contributed by atoms with E-state index in [0.717, 1.165) is 32.1 Å². The maximum atomic E-state index is 13.1. The lowest BCUT2D eigenvalue weighted by Gasteiger charge is -2.39. The fraction of sp³-hybridized carbons (Fsp3) is 0.667. The Morgan fingerprint density at radius 2 is 1.91 bits per heavy atom. The van der Waals surface area contributed by atoms with Gasteiger partial charge in [-0.3, -0.25) is 0 Å². The van der Waals surface area contributed by atoms with Crippen LogP contribution in [-0.4, -0.2) is 36.5 Å². The molecule has 4 nitrogen and oxygen atoms in total. The Balaban J connectivity index is 1.94. The van der Waals surface area contributed by atoms with E-state index in [2.05, 4.69) is 6.92 Å². The van der Waals surface area contributed by atoms with Crippen LogP contribution >= 0.6 is 0 Å². The van der Waals surface area contributed by atoms with Crippen LogP contribution in [0, 0.1) is 5.92 Å². The van der Waals surface area contributed by atoms with Crippen LogP contribution in [0.1, 0.15) is 50.7 Å². The van der Waals surface area contributed by atoms with Gasteiger partial charge in [0.2, 0.25) is 10.0 Å². The maximum absolute atomic E-state index is 13.1. The van der Waals surface area contributed by atoms with Crippen molar-refractivity contribution in [2.45, 2.75) is 69.4 Å². The highest BCUT2D eigenvalue weighted by Crippen LogP contribution is 2.32. The van der Waals surface area contributed by atoms with Gasteiger partial charge in [-0.2, -0.15) is 4.31 Å². The Morgan fingerprint density at radius 1 is 1.22 bits per heavy atom. The summed E-state index contributed by atoms with van der Waals surface area (Å²) >= 11 is 0. The van der Waals surface area contributed by atoms with Crippen LogP contribution < -0.4 is 0 Å². The van der Waals surface area contributed by atoms with Gasteiger partial charge in [-0.1, -0.05) is 13.0 Å². The van der Waals surface area contributed by atoms with Crippen molar-refractivity contribution in [2.24, 2.45) is 5.92 Å². The quantitative estimate of drug-likeness (QED) is 0.923. The van der Waals surface area contributed by atoms with Crippen molar-refractivity contribution in [3.8, 4) is 0 Å². The number of aliphatic hydroxyl groups excluding tert-OH is 1. The molecule has 0 spiro atoms. The highest BCUT2D eigenvalue weighted by molar-refractivity contribution is 7.89. The molecular formula is C18H27NO3S. The fourth-order valence-electron chi connectivity index (χ4n) is 3.90. The Morgan fingerprint density at radius 3 is 2.61 bits per heavy atom. The van der Waals surface area contributed by atoms with Crippen molar-refractivity contribution < 1.29 is 13.5 Å². The monoisotopic (exact) mass is 337 g/mol. The first-order valence-corrected chi connectivity index (χ1v) is 10.2. The van der Waals surface area contributed by atoms with E-state index in [1.807, 2.05) is 12.1 Å². The van der Waals surface area contributed by atoms with Gasteiger partial charge in [0.05, 0.1) is 17.0 Å². The lowest BCUT2D eigenvalue weighted by Crippen LogP contribution is -2.50. The summed E-state index contributed by atoms with van der Waals surface area (Å²) in [6.45, 7) is 4.31. The lowest BCUT2D eigenvalue weighted by atomic mass is 9.92. The summed E-state index contributed by atoms with van der Waals surface area (Å²) in [4.78, 5) is 0.387. The summed E-state index contributed by atoms with van der Waals surface area (Å²) in [7, 11) is -3.54. The van der Waals surface area contributed by atoms with Gasteiger partial charge in [0, 0.05) is 6.54 Å². The zero-order valence-electron chi connectivity index (χ0n) is 14.0. The molecule has 3 atom stereocenters. The minimum atomic E-state index is -3.54. The van der Waals surface area contributed by atoms with Crippen LogP contribution in [0.25, 0.3) is 0 Å². The minimum absolute atomic E-state index is 0.320. The van der Waals surface area contributed by atoms with Crippen molar-refractivity contribution in [3.05, 3.63) is 29.3 Å². The molecule has 23 heavy (non-hydrogen) atoms. The van der Waals surface area contributed by atoms with Crippen LogP contribution in [0.5, 0.6) is 0 Å². The number of benzene rings is 1. The normalized spacial score (nSPS) is 27.4. The molecular weight excluding hydrogens is 310 g/mol. The summed E-state index contributed by atoms with van der Waals surface area (Å²) in [5.74, 6) is 0.449. The first-order valence-electron chi connectivity index (χ1n) is 8.71. The Labute approximate surface area is 139 Å². The van der Waals surface area contributed by atoms with Crippen LogP contribution in [0.4, 0.5) is 0 Å². The molecule has 0 amide bonds. The molecule has 1 aliphatic heterocycles. The summed E-state index contributed by atoms with van der Waals surface area (Å²) in [5, 5.41) is 10.1. The number of rotatable bonds is 3. The van der Waals surface area contributed by atoms with E-state index in [4.69, 9.17) is 0 Å². The van der Waals surface area contributed by atoms with Gasteiger partial charge >= 0.3 is 0 Å². The third-order valence-corrected chi connectivity index (χ3v) is 7.26. The molecule has 0 bridgehead atoms. The fourth-order valence-corrected chi connectivity index (χ4v) is 5.67. The van der Waals surface area contributed by atoms with E-state index in [1.54, 1.807) is 13.0 Å². The van der Waals surface area contributed by atoms with Gasteiger partial charge in [-0.25, -0.2) is 8.42 Å². The molecule has 0 radical (unpaired) electrons. The average molecular weight is 337 g/mol. The number of piperidine rings is 1. The van der Waals surface area contributed by atoms with Crippen LogP contribution in [-0.2, 0) is 22.9 Å². The van der Waals surface area contributed by atoms with Gasteiger partial charge in [0.15, 0.2) is 0 Å². The summed E-state index contributed by atoms with van der Waals surface area (Å²) in [5.41, 5.74) is 2.46. The van der Waals surface area contributed by atoms with Crippen LogP contribution in [0.2, 0.25) is 0 Å². The van der Waals surface area contributed by atoms with Crippen LogP contribution in [0.15, 0.2) is 23.1 Å². The minimum Gasteiger partial charge on any atom is -0.392 e. The lowest BCUT2D eigenvalue weighted by molar-refractivity contribution is 0.0676. The third-order valence-electron chi connectivity index (χ3n) is 5.34. The first kappa shape index (κ1) is 16.9. The number of hydrogen-bond acceptors (Lipinski definition) is 3. The average Bonchev–Trinajstić information content (AvgIpc) is 2.54. The smallest absolute Gasteiger partial charge is 0.243 e. The van der Waals surface area contributed by atoms with E-state index in [0.29, 0.717) is 17.4 Å². The molecule has 1 fully saturated rings. The zero-order chi connectivity index (χ0) is 16.6. The highest BCUT2D eigenvalue weighted by Gasteiger charge is 2.38. The van der Waals surface area contributed by atoms with Crippen molar-refractivity contribution >= 4 is 10.0 Å². The molecule has 1 heterocycles. The van der Waals surface area contributed by atoms with Gasteiger partial charge in [0.25, 0.3) is 0 Å². The number of sulfonamides is 1. The van der Waals surface area contributed by atoms with E-state index in [-0.39, 0.29) is 6.04 Å². The van der Waals surface area contributed by atoms with E-state index in [9.17, 15) is 13.5 Å². The Hall–Kier alpha value is -0.910. The molecule has 0 aromatic heterocycles. The van der Waals surface area contributed by atoms with Crippen molar-refractivity contribution in [3.63, 3.8) is 0 Å². The molecule has 1 aromatic rings. The molecule has 0 unspecified atom stereocenters. The van der Waals surface area contributed by atoms with E-state index < -0.39 is 16.1 Å². The molecule has 1 saturated heterocycles. The van der Waals surface area contributed by atoms with Gasteiger partial charge in [-0.15, -0.1) is 0 Å². The molecule has 1 aliphatic carbocycles. The predicted octanol–water partition coefficient (Wildman–Crippen LogP) is 2.74. The van der Waals surface area contributed by atoms with Crippen molar-refractivity contribution in [1.29, 1.82) is 0 Å². The van der Waals surface area contributed by atoms with E-state index in [1.165, 1.54) is 21.9 Å². The summed E-state index contributed by atoms with van der Waals surface area (Å²) < 4.78 is 27.7. The predicted molar refractivity (Wildman–Crippen MR) is 90.8 cm³/mol. The topological polar surface area (TPSA) is 57.6 Å². The van der Waals surface area contributed by atoms with Crippen molar-refractivity contribution in [1.82, 2.24) is 4.31 Å². The second-order valence-corrected chi connectivity index (χ2v) is 9.08. The molecule has 2 aliphatic rings. The summed E-state index contributed by atoms with van der Waals surface area (Å²) in [6, 6.07) is 5.27. The third kappa shape index (κ3) is 3.32. The Kier molecular flexibility index (Phi) is 4.81. The molecule has 0 saturated carbocycles. The largest absolute Gasteiger partial charge is 0.392 e. The number of hydrogen-bond donors (Lipinski definition) is 1. The number of nitrogens with zero attached hydrogens (tertiary/aromatic N) is 1. The summed E-state index contributed by atoms with van der Waals surface area (Å²) in [6.07, 6.45) is 5.27. The molecule has 5 heteroatoms. The second-order valence-electron chi connectivity index (χ2n) is 7.19. The van der Waals surface area contributed by atoms with Gasteiger partial charge in [0.1, 0.15) is 0 Å². The second kappa shape index (κ2) is 6.54. The number of fused-ring (bicyclic) bond motifs is 1. The molecule has 3 rings (SSSR count). The number of aliphatic hydroxyl groups is 1. The molecule has 1 N–H and O–H groups in total. The Bertz CT molecular complexity index is 669. The maximum Gasteiger partial charge on any atom is 0.243 e. The number of aryl methyl sites for hydroxylation is 2. The molecule has 1 aromatic carbocycles. The highest BCUT2D eigenvalue weighted by atomic mass is 32.2. The van der Waals surface area contributed by atoms with Gasteiger partial charge in [-0.05, 0) is 74.6 Å². The van der Waals surface area contributed by atoms with Gasteiger partial charge < -0.3 is 5.11 Å². The van der Waals surface area contributed by atoms with Crippen molar-refractivity contribution in [2.75, 3.05) is 6.54 Å². The van der Waals surface area contributed by atoms with Crippen LogP contribution in [0.3, 0.4) is 0 Å². The standard InChI is InChI=1S/C18H27NO3S/c1-13-9-10-19(18(11-13)14(2)20)23(21,22)17-8-7-15-5-3-4-6-16(15)12-17/h7-8,12-14,18,20H,3-6,9-11H2,1-2H3/t13-,14+,18-/m1/s1. The zero-order valence-corrected chi connectivity index (χ0v) is 14.8. The first-order chi connectivity index (χ1) is 10.9. The molecule has 128 valence electrons. The SMILES string of the molecule is C[C@@H]1CCN(S(=O)(=O)c2ccc3c(c2)CCCC3)[C@@H]([C@H](C)O)C1.